The van der Waals surface area contributed by atoms with Crippen molar-refractivity contribution in [3.8, 4) is 5.75 Å². The van der Waals surface area contributed by atoms with E-state index in [-0.39, 0.29) is 35.3 Å². The lowest BCUT2D eigenvalue weighted by atomic mass is 10.0. The van der Waals surface area contributed by atoms with Gasteiger partial charge in [-0.25, -0.2) is 9.37 Å². The maximum Gasteiger partial charge on any atom is 0.222 e. The van der Waals surface area contributed by atoms with Gasteiger partial charge in [0.2, 0.25) is 5.91 Å². The van der Waals surface area contributed by atoms with Gasteiger partial charge in [-0.15, -0.1) is 0 Å². The first-order valence-corrected chi connectivity index (χ1v) is 10.1. The molecule has 4 aromatic rings. The molecule has 0 saturated carbocycles. The second-order valence-electron chi connectivity index (χ2n) is 7.10. The van der Waals surface area contributed by atoms with Crippen LogP contribution in [0.2, 0.25) is 5.02 Å². The first-order valence-electron chi connectivity index (χ1n) is 9.71. The van der Waals surface area contributed by atoms with E-state index in [9.17, 15) is 9.59 Å². The molecule has 0 aliphatic carbocycles. The van der Waals surface area contributed by atoms with Crippen molar-refractivity contribution >= 4 is 40.1 Å². The molecule has 162 valence electrons. The second kappa shape index (κ2) is 9.15. The SMILES string of the molecule is CC(=O)Nc1[nH]nc2ncc(CC(=O)c3c(Cl)ccc(OCc4ccccc4)c3F)cc12. The summed E-state index contributed by atoms with van der Waals surface area (Å²) >= 11 is 6.15. The number of aromatic nitrogens is 3. The fourth-order valence-electron chi connectivity index (χ4n) is 3.22. The molecule has 2 aromatic heterocycles. The third-order valence-corrected chi connectivity index (χ3v) is 5.02. The van der Waals surface area contributed by atoms with Crippen LogP contribution in [0.3, 0.4) is 0 Å². The van der Waals surface area contributed by atoms with Gasteiger partial charge in [-0.1, -0.05) is 41.9 Å². The van der Waals surface area contributed by atoms with Crippen molar-refractivity contribution in [3.63, 3.8) is 0 Å². The first-order chi connectivity index (χ1) is 15.4. The number of carbonyl (C=O) groups excluding carboxylic acids is 2. The Morgan fingerprint density at radius 2 is 1.94 bits per heavy atom. The lowest BCUT2D eigenvalue weighted by molar-refractivity contribution is -0.114. The zero-order chi connectivity index (χ0) is 22.7. The Balaban J connectivity index is 1.57. The normalized spacial score (nSPS) is 10.8. The molecule has 32 heavy (non-hydrogen) atoms. The van der Waals surface area contributed by atoms with Gasteiger partial charge in [0, 0.05) is 19.5 Å². The number of halogens is 2. The van der Waals surface area contributed by atoms with Gasteiger partial charge in [0.25, 0.3) is 0 Å². The highest BCUT2D eigenvalue weighted by molar-refractivity contribution is 6.34. The molecule has 2 N–H and O–H groups in total. The van der Waals surface area contributed by atoms with Crippen LogP contribution in [0.25, 0.3) is 11.0 Å². The van der Waals surface area contributed by atoms with Gasteiger partial charge in [0.1, 0.15) is 12.4 Å². The average Bonchev–Trinajstić information content (AvgIpc) is 3.15. The van der Waals surface area contributed by atoms with Crippen LogP contribution in [-0.4, -0.2) is 26.9 Å². The lowest BCUT2D eigenvalue weighted by Crippen LogP contribution is -2.09. The van der Waals surface area contributed by atoms with Crippen molar-refractivity contribution in [2.75, 3.05) is 5.32 Å². The molecular formula is C23H18ClFN4O3. The summed E-state index contributed by atoms with van der Waals surface area (Å²) in [6, 6.07) is 13.8. The molecule has 0 bridgehead atoms. The van der Waals surface area contributed by atoms with Crippen LogP contribution < -0.4 is 10.1 Å². The van der Waals surface area contributed by atoms with E-state index in [1.165, 1.54) is 25.3 Å². The molecule has 0 unspecified atom stereocenters. The van der Waals surface area contributed by atoms with Gasteiger partial charge in [0.05, 0.1) is 16.0 Å². The number of aromatic amines is 1. The maximum atomic E-state index is 15.1. The standard InChI is InChI=1S/C23H18ClFN4O3/c1-13(30)27-23-16-9-15(11-26-22(16)28-29-23)10-18(31)20-17(24)7-8-19(21(20)25)32-12-14-5-3-2-4-6-14/h2-9,11H,10,12H2,1H3,(H2,26,27,28,29,30). The summed E-state index contributed by atoms with van der Waals surface area (Å²) in [4.78, 5) is 28.5. The molecule has 0 radical (unpaired) electrons. The van der Waals surface area contributed by atoms with Crippen LogP contribution in [0.15, 0.2) is 54.7 Å². The molecule has 0 fully saturated rings. The maximum absolute atomic E-state index is 15.1. The minimum Gasteiger partial charge on any atom is -0.486 e. The number of carbonyl (C=O) groups is 2. The molecule has 0 aliphatic rings. The second-order valence-corrected chi connectivity index (χ2v) is 7.51. The Hall–Kier alpha value is -3.78. The number of Topliss-reactive ketones (excluding diaryl/α,β-unsaturated/α-hetero) is 1. The van der Waals surface area contributed by atoms with Crippen molar-refractivity contribution in [1.82, 2.24) is 15.2 Å². The summed E-state index contributed by atoms with van der Waals surface area (Å²) in [6.07, 6.45) is 1.33. The number of rotatable bonds is 7. The largest absolute Gasteiger partial charge is 0.486 e. The predicted octanol–water partition coefficient (Wildman–Crippen LogP) is 4.71. The third kappa shape index (κ3) is 4.60. The minimum absolute atomic E-state index is 0.00385. The number of benzene rings is 2. The van der Waals surface area contributed by atoms with Crippen molar-refractivity contribution in [2.24, 2.45) is 0 Å². The molecule has 7 nitrogen and oxygen atoms in total. The van der Waals surface area contributed by atoms with E-state index in [1.54, 1.807) is 6.07 Å². The molecule has 0 atom stereocenters. The van der Waals surface area contributed by atoms with E-state index >= 15 is 4.39 Å². The number of pyridine rings is 1. The Morgan fingerprint density at radius 1 is 1.16 bits per heavy atom. The summed E-state index contributed by atoms with van der Waals surface area (Å²) < 4.78 is 20.7. The van der Waals surface area contributed by atoms with Crippen LogP contribution in [0.1, 0.15) is 28.4 Å². The highest BCUT2D eigenvalue weighted by Crippen LogP contribution is 2.29. The molecule has 2 aromatic carbocycles. The summed E-state index contributed by atoms with van der Waals surface area (Å²) in [7, 11) is 0. The van der Waals surface area contributed by atoms with Gasteiger partial charge in [-0.2, -0.15) is 5.10 Å². The van der Waals surface area contributed by atoms with Crippen LogP contribution >= 0.6 is 11.6 Å². The number of hydrogen-bond donors (Lipinski definition) is 2. The molecule has 1 amide bonds. The van der Waals surface area contributed by atoms with Gasteiger partial charge in [-0.3, -0.25) is 14.7 Å². The fraction of sp³-hybridized carbons (Fsp3) is 0.130. The van der Waals surface area contributed by atoms with E-state index in [2.05, 4.69) is 20.5 Å². The molecule has 2 heterocycles. The molecule has 0 saturated heterocycles. The quantitative estimate of drug-likeness (QED) is 0.396. The van der Waals surface area contributed by atoms with Crippen LogP contribution in [0.5, 0.6) is 5.75 Å². The summed E-state index contributed by atoms with van der Waals surface area (Å²) in [5.74, 6) is -1.30. The average molecular weight is 453 g/mol. The first kappa shape index (κ1) is 21.5. The summed E-state index contributed by atoms with van der Waals surface area (Å²) in [6.45, 7) is 1.52. The number of fused-ring (bicyclic) bond motifs is 1. The zero-order valence-corrected chi connectivity index (χ0v) is 17.7. The number of amides is 1. The number of nitrogens with zero attached hydrogens (tertiary/aromatic N) is 2. The van der Waals surface area contributed by atoms with Crippen molar-refractivity contribution < 1.29 is 18.7 Å². The lowest BCUT2D eigenvalue weighted by Gasteiger charge is -2.11. The molecule has 0 spiro atoms. The van der Waals surface area contributed by atoms with Gasteiger partial charge < -0.3 is 10.1 Å². The van der Waals surface area contributed by atoms with Crippen molar-refractivity contribution in [1.29, 1.82) is 0 Å². The number of H-pyrrole nitrogens is 1. The van der Waals surface area contributed by atoms with E-state index in [4.69, 9.17) is 16.3 Å². The summed E-state index contributed by atoms with van der Waals surface area (Å²) in [5, 5.41) is 9.83. The summed E-state index contributed by atoms with van der Waals surface area (Å²) in [5.41, 5.74) is 1.52. The Labute approximate surface area is 187 Å². The van der Waals surface area contributed by atoms with E-state index in [0.29, 0.717) is 22.4 Å². The smallest absolute Gasteiger partial charge is 0.222 e. The highest BCUT2D eigenvalue weighted by Gasteiger charge is 2.21. The molecule has 0 aliphatic heterocycles. The van der Waals surface area contributed by atoms with E-state index in [0.717, 1.165) is 5.56 Å². The molecule has 9 heteroatoms. The molecule has 4 rings (SSSR count). The fourth-order valence-corrected chi connectivity index (χ4v) is 3.47. The Bertz CT molecular complexity index is 1310. The zero-order valence-electron chi connectivity index (χ0n) is 17.0. The predicted molar refractivity (Wildman–Crippen MR) is 118 cm³/mol. The number of ether oxygens (including phenoxy) is 1. The third-order valence-electron chi connectivity index (χ3n) is 4.70. The minimum atomic E-state index is -0.810. The Kier molecular flexibility index (Phi) is 6.13. The van der Waals surface area contributed by atoms with E-state index < -0.39 is 11.6 Å². The van der Waals surface area contributed by atoms with Gasteiger partial charge in [-0.05, 0) is 29.3 Å². The van der Waals surface area contributed by atoms with Crippen LogP contribution in [0.4, 0.5) is 10.2 Å². The Morgan fingerprint density at radius 3 is 2.69 bits per heavy atom. The highest BCUT2D eigenvalue weighted by atomic mass is 35.5. The number of nitrogens with one attached hydrogen (secondary N) is 2. The van der Waals surface area contributed by atoms with Crippen molar-refractivity contribution in [3.05, 3.63) is 82.3 Å². The van der Waals surface area contributed by atoms with Crippen LogP contribution in [0, 0.1) is 5.82 Å². The van der Waals surface area contributed by atoms with Crippen molar-refractivity contribution in [2.45, 2.75) is 20.0 Å². The number of hydrogen-bond acceptors (Lipinski definition) is 5. The van der Waals surface area contributed by atoms with E-state index in [1.807, 2.05) is 30.3 Å². The number of ketones is 1. The monoisotopic (exact) mass is 452 g/mol. The van der Waals surface area contributed by atoms with Gasteiger partial charge in [0.15, 0.2) is 23.0 Å². The van der Waals surface area contributed by atoms with Gasteiger partial charge >= 0.3 is 0 Å². The van der Waals surface area contributed by atoms with Crippen LogP contribution in [-0.2, 0) is 17.8 Å². The number of anilines is 1. The molecular weight excluding hydrogens is 435 g/mol. The topological polar surface area (TPSA) is 97.0 Å².